The SMILES string of the molecule is CCOc1cc(C(=O)NC(c2ccc(Cl)cc2)C(C)C)ccc1OCc1ccccn1. The average molecular weight is 439 g/mol. The molecule has 0 radical (unpaired) electrons. The third kappa shape index (κ3) is 6.22. The second-order valence-corrected chi connectivity index (χ2v) is 7.89. The van der Waals surface area contributed by atoms with Gasteiger partial charge in [0, 0.05) is 16.8 Å². The predicted octanol–water partition coefficient (Wildman–Crippen LogP) is 5.84. The molecule has 0 saturated heterocycles. The summed E-state index contributed by atoms with van der Waals surface area (Å²) in [5.41, 5.74) is 2.33. The molecule has 0 saturated carbocycles. The van der Waals surface area contributed by atoms with E-state index in [1.54, 1.807) is 24.4 Å². The van der Waals surface area contributed by atoms with E-state index in [1.165, 1.54) is 0 Å². The van der Waals surface area contributed by atoms with E-state index in [4.69, 9.17) is 21.1 Å². The second-order valence-electron chi connectivity index (χ2n) is 7.45. The Morgan fingerprint density at radius 3 is 2.45 bits per heavy atom. The van der Waals surface area contributed by atoms with Gasteiger partial charge in [-0.15, -0.1) is 0 Å². The molecule has 0 aliphatic heterocycles. The average Bonchev–Trinajstić information content (AvgIpc) is 2.78. The van der Waals surface area contributed by atoms with Crippen molar-refractivity contribution in [3.8, 4) is 11.5 Å². The minimum atomic E-state index is -0.175. The number of ether oxygens (including phenoxy) is 2. The van der Waals surface area contributed by atoms with Crippen molar-refractivity contribution in [3.05, 3.63) is 88.7 Å². The molecule has 31 heavy (non-hydrogen) atoms. The lowest BCUT2D eigenvalue weighted by Gasteiger charge is -2.23. The minimum Gasteiger partial charge on any atom is -0.490 e. The van der Waals surface area contributed by atoms with E-state index >= 15 is 0 Å². The molecular weight excluding hydrogens is 412 g/mol. The van der Waals surface area contributed by atoms with Crippen LogP contribution in [0.15, 0.2) is 66.9 Å². The predicted molar refractivity (Wildman–Crippen MR) is 123 cm³/mol. The van der Waals surface area contributed by atoms with Crippen molar-refractivity contribution in [2.24, 2.45) is 5.92 Å². The van der Waals surface area contributed by atoms with E-state index in [1.807, 2.05) is 49.4 Å². The summed E-state index contributed by atoms with van der Waals surface area (Å²) >= 11 is 6.01. The lowest BCUT2D eigenvalue weighted by atomic mass is 9.95. The Balaban J connectivity index is 1.76. The van der Waals surface area contributed by atoms with Crippen LogP contribution in [0.5, 0.6) is 11.5 Å². The van der Waals surface area contributed by atoms with Crippen LogP contribution in [0.1, 0.15) is 48.4 Å². The zero-order chi connectivity index (χ0) is 22.2. The van der Waals surface area contributed by atoms with E-state index in [0.29, 0.717) is 35.3 Å². The van der Waals surface area contributed by atoms with Gasteiger partial charge in [-0.3, -0.25) is 9.78 Å². The maximum absolute atomic E-state index is 13.0. The molecule has 3 rings (SSSR count). The highest BCUT2D eigenvalue weighted by molar-refractivity contribution is 6.30. The molecule has 162 valence electrons. The Bertz CT molecular complexity index is 991. The van der Waals surface area contributed by atoms with Gasteiger partial charge in [0.05, 0.1) is 18.3 Å². The van der Waals surface area contributed by atoms with Crippen molar-refractivity contribution in [1.29, 1.82) is 0 Å². The van der Waals surface area contributed by atoms with E-state index in [-0.39, 0.29) is 17.9 Å². The number of hydrogen-bond donors (Lipinski definition) is 1. The fourth-order valence-electron chi connectivity index (χ4n) is 3.20. The van der Waals surface area contributed by atoms with Gasteiger partial charge < -0.3 is 14.8 Å². The topological polar surface area (TPSA) is 60.5 Å². The van der Waals surface area contributed by atoms with Crippen LogP contribution >= 0.6 is 11.6 Å². The molecule has 1 aromatic heterocycles. The number of nitrogens with one attached hydrogen (secondary N) is 1. The number of carbonyl (C=O) groups excluding carboxylic acids is 1. The molecule has 6 heteroatoms. The number of nitrogens with zero attached hydrogens (tertiary/aromatic N) is 1. The first-order valence-corrected chi connectivity index (χ1v) is 10.7. The molecule has 1 unspecified atom stereocenters. The smallest absolute Gasteiger partial charge is 0.251 e. The Morgan fingerprint density at radius 2 is 1.81 bits per heavy atom. The first-order chi connectivity index (χ1) is 15.0. The largest absolute Gasteiger partial charge is 0.490 e. The van der Waals surface area contributed by atoms with Crippen molar-refractivity contribution < 1.29 is 14.3 Å². The van der Waals surface area contributed by atoms with Gasteiger partial charge >= 0.3 is 0 Å². The number of amides is 1. The van der Waals surface area contributed by atoms with Crippen LogP contribution in [0.3, 0.4) is 0 Å². The maximum Gasteiger partial charge on any atom is 0.251 e. The van der Waals surface area contributed by atoms with Crippen LogP contribution in [-0.2, 0) is 6.61 Å². The normalized spacial score (nSPS) is 11.8. The molecule has 1 N–H and O–H groups in total. The quantitative estimate of drug-likeness (QED) is 0.456. The molecule has 2 aromatic carbocycles. The van der Waals surface area contributed by atoms with Crippen LogP contribution in [0.4, 0.5) is 0 Å². The first-order valence-electron chi connectivity index (χ1n) is 10.3. The monoisotopic (exact) mass is 438 g/mol. The van der Waals surface area contributed by atoms with Crippen molar-refractivity contribution >= 4 is 17.5 Å². The van der Waals surface area contributed by atoms with Crippen LogP contribution in [0.25, 0.3) is 0 Å². The Labute approximate surface area is 188 Å². The fourth-order valence-corrected chi connectivity index (χ4v) is 3.33. The van der Waals surface area contributed by atoms with Crippen LogP contribution in [0, 0.1) is 5.92 Å². The van der Waals surface area contributed by atoms with Gasteiger partial charge in [0.2, 0.25) is 0 Å². The number of hydrogen-bond acceptors (Lipinski definition) is 4. The Kier molecular flexibility index (Phi) is 7.90. The van der Waals surface area contributed by atoms with Crippen molar-refractivity contribution in [1.82, 2.24) is 10.3 Å². The molecule has 1 atom stereocenters. The van der Waals surface area contributed by atoms with E-state index in [0.717, 1.165) is 11.3 Å². The third-order valence-corrected chi connectivity index (χ3v) is 5.04. The summed E-state index contributed by atoms with van der Waals surface area (Å²) in [6.07, 6.45) is 1.72. The van der Waals surface area contributed by atoms with Gasteiger partial charge in [-0.2, -0.15) is 0 Å². The molecule has 3 aromatic rings. The van der Waals surface area contributed by atoms with Crippen LogP contribution < -0.4 is 14.8 Å². The number of rotatable bonds is 9. The molecule has 0 aliphatic carbocycles. The van der Waals surface area contributed by atoms with Gasteiger partial charge in [0.25, 0.3) is 5.91 Å². The molecule has 0 fully saturated rings. The zero-order valence-electron chi connectivity index (χ0n) is 18.0. The molecule has 0 aliphatic rings. The molecule has 0 spiro atoms. The highest BCUT2D eigenvalue weighted by Crippen LogP contribution is 2.30. The van der Waals surface area contributed by atoms with E-state index in [2.05, 4.69) is 24.1 Å². The number of carbonyl (C=O) groups is 1. The summed E-state index contributed by atoms with van der Waals surface area (Å²) in [4.78, 5) is 17.3. The lowest BCUT2D eigenvalue weighted by molar-refractivity contribution is 0.0925. The summed E-state index contributed by atoms with van der Waals surface area (Å²) in [6, 6.07) is 18.3. The van der Waals surface area contributed by atoms with Gasteiger partial charge in [0.15, 0.2) is 11.5 Å². The zero-order valence-corrected chi connectivity index (χ0v) is 18.7. The number of pyridine rings is 1. The first kappa shape index (κ1) is 22.6. The summed E-state index contributed by atoms with van der Waals surface area (Å²) in [5, 5.41) is 3.79. The maximum atomic E-state index is 13.0. The molecule has 0 bridgehead atoms. The third-order valence-electron chi connectivity index (χ3n) is 4.79. The number of benzene rings is 2. The molecular formula is C25H27ClN2O3. The molecule has 1 amide bonds. The van der Waals surface area contributed by atoms with Crippen molar-refractivity contribution in [2.45, 2.75) is 33.4 Å². The molecule has 5 nitrogen and oxygen atoms in total. The van der Waals surface area contributed by atoms with Crippen molar-refractivity contribution in [2.75, 3.05) is 6.61 Å². The lowest BCUT2D eigenvalue weighted by Crippen LogP contribution is -2.31. The van der Waals surface area contributed by atoms with Gasteiger partial charge in [0.1, 0.15) is 6.61 Å². The Morgan fingerprint density at radius 1 is 1.03 bits per heavy atom. The number of halogens is 1. The van der Waals surface area contributed by atoms with Gasteiger partial charge in [-0.25, -0.2) is 0 Å². The summed E-state index contributed by atoms with van der Waals surface area (Å²) in [5.74, 6) is 1.13. The van der Waals surface area contributed by atoms with Gasteiger partial charge in [-0.1, -0.05) is 43.6 Å². The van der Waals surface area contributed by atoms with Crippen LogP contribution in [0.2, 0.25) is 5.02 Å². The summed E-state index contributed by atoms with van der Waals surface area (Å²) in [6.45, 7) is 6.81. The highest BCUT2D eigenvalue weighted by atomic mass is 35.5. The van der Waals surface area contributed by atoms with E-state index in [9.17, 15) is 4.79 Å². The highest BCUT2D eigenvalue weighted by Gasteiger charge is 2.20. The fraction of sp³-hybridized carbons (Fsp3) is 0.280. The van der Waals surface area contributed by atoms with E-state index < -0.39 is 0 Å². The summed E-state index contributed by atoms with van der Waals surface area (Å²) < 4.78 is 11.6. The minimum absolute atomic E-state index is 0.139. The van der Waals surface area contributed by atoms with Crippen molar-refractivity contribution in [3.63, 3.8) is 0 Å². The standard InChI is InChI=1S/C25H27ClN2O3/c1-4-30-23-15-19(10-13-22(23)31-16-21-7-5-6-14-27-21)25(29)28-24(17(2)3)18-8-11-20(26)12-9-18/h5-15,17,24H,4,16H2,1-3H3,(H,28,29). The number of aromatic nitrogens is 1. The molecule has 1 heterocycles. The van der Waals surface area contributed by atoms with Crippen LogP contribution in [-0.4, -0.2) is 17.5 Å². The Hall–Kier alpha value is -3.05. The van der Waals surface area contributed by atoms with Gasteiger partial charge in [-0.05, 0) is 60.9 Å². The summed E-state index contributed by atoms with van der Waals surface area (Å²) in [7, 11) is 0. The second kappa shape index (κ2) is 10.8.